The highest BCUT2D eigenvalue weighted by molar-refractivity contribution is 5.77. The number of carbonyl (C=O) groups excluding carboxylic acids is 1. The van der Waals surface area contributed by atoms with Gasteiger partial charge in [-0.25, -0.2) is 4.79 Å². The van der Waals surface area contributed by atoms with E-state index in [1.165, 1.54) is 0 Å². The lowest BCUT2D eigenvalue weighted by molar-refractivity contribution is 0.237. The van der Waals surface area contributed by atoms with Gasteiger partial charge in [-0.05, 0) is 19.1 Å². The Hall–Kier alpha value is -2.83. The summed E-state index contributed by atoms with van der Waals surface area (Å²) < 4.78 is 7.49. The highest BCUT2D eigenvalue weighted by atomic mass is 16.3. The molecular formula is C16H19N5O2. The summed E-state index contributed by atoms with van der Waals surface area (Å²) in [5.41, 5.74) is 0.864. The van der Waals surface area contributed by atoms with Crippen molar-refractivity contribution in [3.63, 3.8) is 0 Å². The van der Waals surface area contributed by atoms with Gasteiger partial charge in [0.1, 0.15) is 17.7 Å². The van der Waals surface area contributed by atoms with E-state index in [2.05, 4.69) is 20.8 Å². The quantitative estimate of drug-likeness (QED) is 0.756. The van der Waals surface area contributed by atoms with Gasteiger partial charge in [0.15, 0.2) is 5.82 Å². The van der Waals surface area contributed by atoms with E-state index in [0.29, 0.717) is 18.8 Å². The molecule has 0 fully saturated rings. The van der Waals surface area contributed by atoms with Gasteiger partial charge in [0.2, 0.25) is 0 Å². The molecule has 1 atom stereocenters. The minimum atomic E-state index is -0.239. The van der Waals surface area contributed by atoms with E-state index in [1.807, 2.05) is 44.3 Å². The number of fused-ring (bicyclic) bond motifs is 1. The highest BCUT2D eigenvalue weighted by Crippen LogP contribution is 2.18. The fourth-order valence-electron chi connectivity index (χ4n) is 2.46. The van der Waals surface area contributed by atoms with Crippen LogP contribution < -0.4 is 10.6 Å². The minimum absolute atomic E-state index is 0.214. The number of hydrogen-bond acceptors (Lipinski definition) is 4. The lowest BCUT2D eigenvalue weighted by Gasteiger charge is -2.13. The summed E-state index contributed by atoms with van der Waals surface area (Å²) in [5.74, 6) is 1.56. The standard InChI is InChI=1S/C16H19N5O2/c1-11(15-20-18-10-21(15)2)19-16(22)17-8-7-13-9-12-5-3-4-6-14(12)23-13/h3-6,9-11H,7-8H2,1-2H3,(H2,17,19,22)/t11-/m0/s1. The van der Waals surface area contributed by atoms with Crippen LogP contribution in [0.5, 0.6) is 0 Å². The third-order valence-corrected chi connectivity index (χ3v) is 3.61. The number of nitrogens with one attached hydrogen (secondary N) is 2. The molecule has 0 spiro atoms. The Morgan fingerprint density at radius 2 is 2.22 bits per heavy atom. The average Bonchev–Trinajstić information content (AvgIpc) is 3.12. The van der Waals surface area contributed by atoms with Crippen LogP contribution in [0.1, 0.15) is 24.6 Å². The molecule has 2 N–H and O–H groups in total. The fraction of sp³-hybridized carbons (Fsp3) is 0.312. The van der Waals surface area contributed by atoms with Gasteiger partial charge in [0.25, 0.3) is 0 Å². The maximum Gasteiger partial charge on any atom is 0.315 e. The maximum atomic E-state index is 11.9. The molecule has 0 aliphatic rings. The molecule has 23 heavy (non-hydrogen) atoms. The third-order valence-electron chi connectivity index (χ3n) is 3.61. The molecule has 0 aliphatic carbocycles. The van der Waals surface area contributed by atoms with Crippen molar-refractivity contribution in [1.82, 2.24) is 25.4 Å². The van der Waals surface area contributed by atoms with Crippen LogP contribution >= 0.6 is 0 Å². The number of hydrogen-bond donors (Lipinski definition) is 2. The summed E-state index contributed by atoms with van der Waals surface area (Å²) in [6.07, 6.45) is 2.24. The molecule has 0 radical (unpaired) electrons. The van der Waals surface area contributed by atoms with Gasteiger partial charge in [0.05, 0.1) is 6.04 Å². The molecule has 0 saturated heterocycles. The van der Waals surface area contributed by atoms with Crippen molar-refractivity contribution in [2.45, 2.75) is 19.4 Å². The van der Waals surface area contributed by atoms with Crippen LogP contribution in [0.3, 0.4) is 0 Å². The molecule has 7 heteroatoms. The summed E-state index contributed by atoms with van der Waals surface area (Å²) in [4.78, 5) is 11.9. The molecule has 0 bridgehead atoms. The van der Waals surface area contributed by atoms with Gasteiger partial charge >= 0.3 is 6.03 Å². The van der Waals surface area contributed by atoms with Gasteiger partial charge in [-0.15, -0.1) is 10.2 Å². The second-order valence-electron chi connectivity index (χ2n) is 5.42. The number of carbonyl (C=O) groups is 1. The Labute approximate surface area is 133 Å². The van der Waals surface area contributed by atoms with E-state index >= 15 is 0 Å². The average molecular weight is 313 g/mol. The summed E-state index contributed by atoms with van der Waals surface area (Å²) >= 11 is 0. The second kappa shape index (κ2) is 6.51. The Bertz CT molecular complexity index is 775. The van der Waals surface area contributed by atoms with Crippen LogP contribution in [0, 0.1) is 0 Å². The Morgan fingerprint density at radius 1 is 1.39 bits per heavy atom. The van der Waals surface area contributed by atoms with E-state index in [1.54, 1.807) is 10.9 Å². The zero-order valence-corrected chi connectivity index (χ0v) is 13.1. The van der Waals surface area contributed by atoms with Crippen LogP contribution in [0.25, 0.3) is 11.0 Å². The molecule has 0 unspecified atom stereocenters. The number of amides is 2. The molecule has 0 saturated carbocycles. The first-order valence-electron chi connectivity index (χ1n) is 7.49. The minimum Gasteiger partial charge on any atom is -0.461 e. The van der Waals surface area contributed by atoms with E-state index in [-0.39, 0.29) is 12.1 Å². The largest absolute Gasteiger partial charge is 0.461 e. The van der Waals surface area contributed by atoms with E-state index in [4.69, 9.17) is 4.42 Å². The van der Waals surface area contributed by atoms with Crippen LogP contribution in [0.4, 0.5) is 4.79 Å². The third kappa shape index (κ3) is 3.50. The first-order valence-corrected chi connectivity index (χ1v) is 7.49. The first-order chi connectivity index (χ1) is 11.1. The van der Waals surface area contributed by atoms with Crippen molar-refractivity contribution in [3.05, 3.63) is 48.2 Å². The molecular weight excluding hydrogens is 294 g/mol. The van der Waals surface area contributed by atoms with Gasteiger partial charge in [0, 0.05) is 25.4 Å². The number of para-hydroxylation sites is 1. The molecule has 2 aromatic heterocycles. The molecule has 3 rings (SSSR count). The number of aryl methyl sites for hydroxylation is 1. The zero-order chi connectivity index (χ0) is 16.2. The number of urea groups is 1. The Kier molecular flexibility index (Phi) is 4.27. The normalized spacial score (nSPS) is 12.3. The van der Waals surface area contributed by atoms with Gasteiger partial charge in [-0.3, -0.25) is 0 Å². The zero-order valence-electron chi connectivity index (χ0n) is 13.1. The predicted octanol–water partition coefficient (Wildman–Crippen LogP) is 2.16. The van der Waals surface area contributed by atoms with Crippen LogP contribution in [0.15, 0.2) is 41.1 Å². The van der Waals surface area contributed by atoms with Crippen LogP contribution in [-0.4, -0.2) is 27.3 Å². The van der Waals surface area contributed by atoms with Crippen molar-refractivity contribution in [1.29, 1.82) is 0 Å². The molecule has 3 aromatic rings. The Balaban J connectivity index is 1.48. The molecule has 2 heterocycles. The monoisotopic (exact) mass is 313 g/mol. The number of benzene rings is 1. The molecule has 1 aromatic carbocycles. The number of aromatic nitrogens is 3. The number of nitrogens with zero attached hydrogens (tertiary/aromatic N) is 3. The van der Waals surface area contributed by atoms with Crippen molar-refractivity contribution in [2.75, 3.05) is 6.54 Å². The van der Waals surface area contributed by atoms with Crippen molar-refractivity contribution in [3.8, 4) is 0 Å². The van der Waals surface area contributed by atoms with Crippen LogP contribution in [-0.2, 0) is 13.5 Å². The number of furan rings is 1. The molecule has 0 aliphatic heterocycles. The highest BCUT2D eigenvalue weighted by Gasteiger charge is 2.13. The maximum absolute atomic E-state index is 11.9. The fourth-order valence-corrected chi connectivity index (χ4v) is 2.46. The summed E-state index contributed by atoms with van der Waals surface area (Å²) in [6.45, 7) is 2.36. The Morgan fingerprint density at radius 3 is 2.96 bits per heavy atom. The number of rotatable bonds is 5. The van der Waals surface area contributed by atoms with Gasteiger partial charge < -0.3 is 19.6 Å². The summed E-state index contributed by atoms with van der Waals surface area (Å²) in [7, 11) is 1.84. The smallest absolute Gasteiger partial charge is 0.315 e. The van der Waals surface area contributed by atoms with Gasteiger partial charge in [-0.1, -0.05) is 18.2 Å². The van der Waals surface area contributed by atoms with Crippen molar-refractivity contribution >= 4 is 17.0 Å². The van der Waals surface area contributed by atoms with E-state index < -0.39 is 0 Å². The van der Waals surface area contributed by atoms with Crippen LogP contribution in [0.2, 0.25) is 0 Å². The lowest BCUT2D eigenvalue weighted by atomic mass is 10.2. The topological polar surface area (TPSA) is 85.0 Å². The molecule has 2 amide bonds. The SMILES string of the molecule is C[C@H](NC(=O)NCCc1cc2ccccc2o1)c1nncn1C. The van der Waals surface area contributed by atoms with E-state index in [0.717, 1.165) is 16.7 Å². The predicted molar refractivity (Wildman–Crippen MR) is 85.9 cm³/mol. The summed E-state index contributed by atoms with van der Waals surface area (Å²) in [5, 5.41) is 14.5. The molecule has 7 nitrogen and oxygen atoms in total. The summed E-state index contributed by atoms with van der Waals surface area (Å²) in [6, 6.07) is 9.39. The second-order valence-corrected chi connectivity index (χ2v) is 5.42. The molecule has 120 valence electrons. The van der Waals surface area contributed by atoms with Crippen molar-refractivity contribution < 1.29 is 9.21 Å². The van der Waals surface area contributed by atoms with E-state index in [9.17, 15) is 4.79 Å². The van der Waals surface area contributed by atoms with Crippen molar-refractivity contribution in [2.24, 2.45) is 7.05 Å². The van der Waals surface area contributed by atoms with Gasteiger partial charge in [-0.2, -0.15) is 0 Å². The first kappa shape index (κ1) is 15.1. The lowest BCUT2D eigenvalue weighted by Crippen LogP contribution is -2.38.